The Morgan fingerprint density at radius 3 is 2.14 bits per heavy atom. The van der Waals surface area contributed by atoms with Gasteiger partial charge in [-0.3, -0.25) is 4.79 Å². The summed E-state index contributed by atoms with van der Waals surface area (Å²) >= 11 is 0. The molecule has 0 saturated carbocycles. The lowest BCUT2D eigenvalue weighted by Crippen LogP contribution is -2.25. The first kappa shape index (κ1) is 16.5. The number of nitrogens with one attached hydrogen (secondary N) is 1. The van der Waals surface area contributed by atoms with E-state index < -0.39 is 0 Å². The second-order valence-corrected chi connectivity index (χ2v) is 7.72. The first-order chi connectivity index (χ1) is 10.1. The Bertz CT molecular complexity index is 692. The van der Waals surface area contributed by atoms with Gasteiger partial charge in [0.1, 0.15) is 0 Å². The van der Waals surface area contributed by atoms with Crippen LogP contribution >= 0.6 is 0 Å². The summed E-state index contributed by atoms with van der Waals surface area (Å²) in [5.41, 5.74) is 1.64. The molecule has 2 nitrogen and oxygen atoms in total. The minimum Gasteiger partial charge on any atom is -0.380 e. The Kier molecular flexibility index (Phi) is 4.32. The summed E-state index contributed by atoms with van der Waals surface area (Å²) in [6.45, 7) is 12.5. The zero-order valence-electron chi connectivity index (χ0n) is 14.6. The van der Waals surface area contributed by atoms with Crippen LogP contribution < -0.4 is 5.32 Å². The lowest BCUT2D eigenvalue weighted by atomic mass is 9.81. The molecule has 0 heterocycles. The van der Waals surface area contributed by atoms with Crippen LogP contribution in [0.3, 0.4) is 0 Å². The van der Waals surface area contributed by atoms with Gasteiger partial charge in [-0.2, -0.15) is 0 Å². The van der Waals surface area contributed by atoms with Gasteiger partial charge >= 0.3 is 0 Å². The van der Waals surface area contributed by atoms with E-state index in [1.165, 1.54) is 0 Å². The summed E-state index contributed by atoms with van der Waals surface area (Å²) < 4.78 is 0. The van der Waals surface area contributed by atoms with Crippen LogP contribution in [0.25, 0.3) is 10.8 Å². The molecular weight excluding hydrogens is 270 g/mol. The smallest absolute Gasteiger partial charge is 0.168 e. The van der Waals surface area contributed by atoms with Crippen LogP contribution in [0.15, 0.2) is 36.4 Å². The summed E-state index contributed by atoms with van der Waals surface area (Å²) in [7, 11) is 0. The third-order valence-corrected chi connectivity index (χ3v) is 4.12. The Balaban J connectivity index is 2.37. The maximum absolute atomic E-state index is 12.6. The van der Waals surface area contributed by atoms with Gasteiger partial charge in [-0.05, 0) is 56.2 Å². The van der Waals surface area contributed by atoms with Crippen LogP contribution in [0.1, 0.15) is 58.3 Å². The summed E-state index contributed by atoms with van der Waals surface area (Å²) in [6, 6.07) is 12.3. The minimum absolute atomic E-state index is 0.0364. The van der Waals surface area contributed by atoms with Crippen LogP contribution in [0.5, 0.6) is 0 Å². The quantitative estimate of drug-likeness (QED) is 0.737. The number of fused-ring (bicyclic) bond motifs is 1. The lowest BCUT2D eigenvalue weighted by Gasteiger charge is -2.23. The van der Waals surface area contributed by atoms with E-state index in [1.54, 1.807) is 0 Å². The molecule has 2 rings (SSSR count). The molecule has 0 aliphatic carbocycles. The highest BCUT2D eigenvalue weighted by Crippen LogP contribution is 2.28. The zero-order valence-corrected chi connectivity index (χ0v) is 14.6. The van der Waals surface area contributed by atoms with Crippen molar-refractivity contribution in [1.82, 2.24) is 0 Å². The average Bonchev–Trinajstić information content (AvgIpc) is 2.44. The molecule has 0 radical (unpaired) electrons. The predicted molar refractivity (Wildman–Crippen MR) is 95.7 cm³/mol. The fraction of sp³-hybridized carbons (Fsp3) is 0.450. The van der Waals surface area contributed by atoms with Gasteiger partial charge in [-0.25, -0.2) is 0 Å². The maximum atomic E-state index is 12.6. The number of benzene rings is 2. The molecule has 1 N–H and O–H groups in total. The number of hydrogen-bond acceptors (Lipinski definition) is 2. The van der Waals surface area contributed by atoms with E-state index in [2.05, 4.69) is 51.2 Å². The van der Waals surface area contributed by atoms with Crippen LogP contribution in [-0.2, 0) is 0 Å². The molecule has 0 bridgehead atoms. The monoisotopic (exact) mass is 297 g/mol. The number of anilines is 1. The molecule has 0 unspecified atom stereocenters. The number of rotatable bonds is 4. The Hall–Kier alpha value is -1.83. The van der Waals surface area contributed by atoms with Crippen LogP contribution in [0, 0.1) is 5.41 Å². The predicted octanol–water partition coefficient (Wildman–Crippen LogP) is 5.67. The minimum atomic E-state index is -0.304. The van der Waals surface area contributed by atoms with E-state index in [1.807, 2.05) is 32.0 Å². The molecular formula is C20H27NO. The van der Waals surface area contributed by atoms with Crippen LogP contribution in [-0.4, -0.2) is 11.3 Å². The number of carbonyl (C=O) groups excluding carboxylic acids is 1. The summed E-state index contributed by atoms with van der Waals surface area (Å²) in [4.78, 5) is 12.6. The fourth-order valence-corrected chi connectivity index (χ4v) is 2.45. The summed E-state index contributed by atoms with van der Waals surface area (Å²) in [6.07, 6.45) is 0.846. The van der Waals surface area contributed by atoms with E-state index in [-0.39, 0.29) is 16.7 Å². The molecule has 22 heavy (non-hydrogen) atoms. The molecule has 0 aliphatic heterocycles. The normalized spacial score (nSPS) is 12.5. The van der Waals surface area contributed by atoms with Gasteiger partial charge in [0.05, 0.1) is 0 Å². The molecule has 0 amide bonds. The molecule has 0 aromatic heterocycles. The van der Waals surface area contributed by atoms with Crippen LogP contribution in [0.4, 0.5) is 5.69 Å². The largest absolute Gasteiger partial charge is 0.380 e. The Morgan fingerprint density at radius 2 is 1.55 bits per heavy atom. The van der Waals surface area contributed by atoms with E-state index >= 15 is 0 Å². The molecule has 0 atom stereocenters. The highest BCUT2D eigenvalue weighted by Gasteiger charge is 2.26. The molecule has 0 fully saturated rings. The molecule has 0 aliphatic rings. The average molecular weight is 297 g/mol. The van der Waals surface area contributed by atoms with Gasteiger partial charge in [0.2, 0.25) is 0 Å². The van der Waals surface area contributed by atoms with Crippen molar-refractivity contribution < 1.29 is 4.79 Å². The van der Waals surface area contributed by atoms with Crippen LogP contribution in [0.2, 0.25) is 0 Å². The highest BCUT2D eigenvalue weighted by molar-refractivity contribution is 6.03. The summed E-state index contributed by atoms with van der Waals surface area (Å²) in [5, 5.41) is 5.74. The van der Waals surface area contributed by atoms with Gasteiger partial charge < -0.3 is 5.32 Å². The van der Waals surface area contributed by atoms with Crippen molar-refractivity contribution in [3.8, 4) is 0 Å². The van der Waals surface area contributed by atoms with Crippen molar-refractivity contribution in [3.63, 3.8) is 0 Å². The SMILES string of the molecule is CCC(C)(C)C(=O)c1ccc2cc(NC(C)(C)C)ccc2c1. The standard InChI is InChI=1S/C20H27NO/c1-7-20(5,6)18(22)16-9-8-15-13-17(21-19(2,3)4)11-10-14(15)12-16/h8-13,21H,7H2,1-6H3. The topological polar surface area (TPSA) is 29.1 Å². The second kappa shape index (κ2) is 5.75. The third kappa shape index (κ3) is 3.68. The molecule has 118 valence electrons. The van der Waals surface area contributed by atoms with Gasteiger partial charge in [-0.1, -0.05) is 39.0 Å². The lowest BCUT2D eigenvalue weighted by molar-refractivity contribution is 0.0833. The molecule has 2 aromatic carbocycles. The van der Waals surface area contributed by atoms with Crippen molar-refractivity contribution in [2.75, 3.05) is 5.32 Å². The molecule has 2 aromatic rings. The van der Waals surface area contributed by atoms with Crippen molar-refractivity contribution in [2.24, 2.45) is 5.41 Å². The number of hydrogen-bond donors (Lipinski definition) is 1. The van der Waals surface area contributed by atoms with E-state index in [4.69, 9.17) is 0 Å². The van der Waals surface area contributed by atoms with Crippen molar-refractivity contribution in [3.05, 3.63) is 42.0 Å². The second-order valence-electron chi connectivity index (χ2n) is 7.72. The molecule has 2 heteroatoms. The van der Waals surface area contributed by atoms with Crippen molar-refractivity contribution >= 4 is 22.2 Å². The van der Waals surface area contributed by atoms with E-state index in [0.29, 0.717) is 0 Å². The third-order valence-electron chi connectivity index (χ3n) is 4.12. The highest BCUT2D eigenvalue weighted by atomic mass is 16.1. The summed E-state index contributed by atoms with van der Waals surface area (Å²) in [5.74, 6) is 0.216. The fourth-order valence-electron chi connectivity index (χ4n) is 2.45. The maximum Gasteiger partial charge on any atom is 0.168 e. The van der Waals surface area contributed by atoms with Crippen molar-refractivity contribution in [1.29, 1.82) is 0 Å². The van der Waals surface area contributed by atoms with Gasteiger partial charge in [0.25, 0.3) is 0 Å². The first-order valence-electron chi connectivity index (χ1n) is 7.99. The Morgan fingerprint density at radius 1 is 0.955 bits per heavy atom. The van der Waals surface area contributed by atoms with Gasteiger partial charge in [-0.15, -0.1) is 0 Å². The number of carbonyl (C=O) groups is 1. The van der Waals surface area contributed by atoms with E-state index in [9.17, 15) is 4.79 Å². The Labute approximate surface area is 133 Å². The number of Topliss-reactive ketones (excluding diaryl/α,β-unsaturated/α-hetero) is 1. The molecule has 0 saturated heterocycles. The number of ketones is 1. The first-order valence-corrected chi connectivity index (χ1v) is 7.99. The van der Waals surface area contributed by atoms with E-state index in [0.717, 1.165) is 28.4 Å². The van der Waals surface area contributed by atoms with Crippen molar-refractivity contribution in [2.45, 2.75) is 53.5 Å². The van der Waals surface area contributed by atoms with Gasteiger partial charge in [0, 0.05) is 22.2 Å². The molecule has 0 spiro atoms. The zero-order chi connectivity index (χ0) is 16.5. The van der Waals surface area contributed by atoms with Gasteiger partial charge in [0.15, 0.2) is 5.78 Å².